The fourth-order valence-corrected chi connectivity index (χ4v) is 3.05. The molecule has 0 amide bonds. The van der Waals surface area contributed by atoms with Crippen molar-refractivity contribution in [1.29, 1.82) is 0 Å². The quantitative estimate of drug-likeness (QED) is 0.463. The summed E-state index contributed by atoms with van der Waals surface area (Å²) in [6.07, 6.45) is 2.29. The smallest absolute Gasteiger partial charge is 0.319 e. The standard InChI is InChI=1S/C14H19ClFNO2S/c1-3-5-12(14(18)19-6-4-2)20-13-8-11(17)10(16)7-9(13)15/h7-8,12H,3-6,17H2,1-2H3. The molecule has 1 aromatic rings. The van der Waals surface area contributed by atoms with E-state index in [9.17, 15) is 9.18 Å². The van der Waals surface area contributed by atoms with Gasteiger partial charge < -0.3 is 10.5 Å². The number of thioether (sulfide) groups is 1. The van der Waals surface area contributed by atoms with Gasteiger partial charge in [0.1, 0.15) is 11.1 Å². The van der Waals surface area contributed by atoms with Gasteiger partial charge in [-0.25, -0.2) is 4.39 Å². The monoisotopic (exact) mass is 319 g/mol. The maximum atomic E-state index is 13.3. The lowest BCUT2D eigenvalue weighted by Gasteiger charge is -2.16. The molecule has 1 atom stereocenters. The molecule has 0 aliphatic rings. The minimum Gasteiger partial charge on any atom is -0.465 e. The second kappa shape index (κ2) is 8.37. The number of halogens is 2. The Hall–Kier alpha value is -0.940. The number of rotatable bonds is 7. The van der Waals surface area contributed by atoms with E-state index in [2.05, 4.69) is 0 Å². The minimum absolute atomic E-state index is 0.0223. The van der Waals surface area contributed by atoms with Gasteiger partial charge >= 0.3 is 5.97 Å². The fourth-order valence-electron chi connectivity index (χ4n) is 1.57. The molecule has 0 aliphatic heterocycles. The van der Waals surface area contributed by atoms with Crippen molar-refractivity contribution in [3.05, 3.63) is 23.0 Å². The van der Waals surface area contributed by atoms with Crippen LogP contribution < -0.4 is 5.73 Å². The molecular weight excluding hydrogens is 301 g/mol. The molecule has 20 heavy (non-hydrogen) atoms. The van der Waals surface area contributed by atoms with Gasteiger partial charge in [0.15, 0.2) is 0 Å². The Labute approximate surface area is 128 Å². The van der Waals surface area contributed by atoms with Crippen LogP contribution in [0.1, 0.15) is 33.1 Å². The molecule has 2 N–H and O–H groups in total. The average Bonchev–Trinajstić information content (AvgIpc) is 2.41. The minimum atomic E-state index is -0.556. The summed E-state index contributed by atoms with van der Waals surface area (Å²) in [5.41, 5.74) is 5.55. The molecule has 0 aliphatic carbocycles. The topological polar surface area (TPSA) is 52.3 Å². The highest BCUT2D eigenvalue weighted by molar-refractivity contribution is 8.00. The van der Waals surface area contributed by atoms with Crippen LogP contribution in [-0.4, -0.2) is 17.8 Å². The molecule has 0 saturated carbocycles. The number of nitrogen functional groups attached to an aromatic ring is 1. The largest absolute Gasteiger partial charge is 0.465 e. The Bertz CT molecular complexity index is 471. The summed E-state index contributed by atoms with van der Waals surface area (Å²) in [6, 6.07) is 2.62. The van der Waals surface area contributed by atoms with E-state index in [-0.39, 0.29) is 21.9 Å². The summed E-state index contributed by atoms with van der Waals surface area (Å²) < 4.78 is 18.4. The van der Waals surface area contributed by atoms with Gasteiger partial charge in [0.2, 0.25) is 0 Å². The van der Waals surface area contributed by atoms with Crippen molar-refractivity contribution in [2.75, 3.05) is 12.3 Å². The fraction of sp³-hybridized carbons (Fsp3) is 0.500. The molecule has 3 nitrogen and oxygen atoms in total. The van der Waals surface area contributed by atoms with Crippen LogP contribution in [0.5, 0.6) is 0 Å². The predicted octanol–water partition coefficient (Wildman–Crippen LogP) is 4.28. The summed E-state index contributed by atoms with van der Waals surface area (Å²) in [5, 5.41) is -0.0972. The molecule has 0 aromatic heterocycles. The molecule has 0 spiro atoms. The first kappa shape index (κ1) is 17.1. The Kier molecular flexibility index (Phi) is 7.16. The lowest BCUT2D eigenvalue weighted by atomic mass is 10.2. The molecule has 0 bridgehead atoms. The van der Waals surface area contributed by atoms with Crippen molar-refractivity contribution in [3.8, 4) is 0 Å². The molecule has 1 rings (SSSR count). The van der Waals surface area contributed by atoms with Crippen LogP contribution in [0.2, 0.25) is 5.02 Å². The number of carbonyl (C=O) groups excluding carboxylic acids is 1. The zero-order valence-electron chi connectivity index (χ0n) is 11.6. The third-order valence-electron chi connectivity index (χ3n) is 2.58. The van der Waals surface area contributed by atoms with E-state index in [1.807, 2.05) is 13.8 Å². The zero-order chi connectivity index (χ0) is 15.1. The van der Waals surface area contributed by atoms with Crippen LogP contribution in [-0.2, 0) is 9.53 Å². The first-order chi connectivity index (χ1) is 9.49. The van der Waals surface area contributed by atoms with Crippen LogP contribution >= 0.6 is 23.4 Å². The highest BCUT2D eigenvalue weighted by Gasteiger charge is 2.22. The Balaban J connectivity index is 2.84. The molecule has 0 fully saturated rings. The zero-order valence-corrected chi connectivity index (χ0v) is 13.2. The number of benzene rings is 1. The van der Waals surface area contributed by atoms with Crippen molar-refractivity contribution in [3.63, 3.8) is 0 Å². The number of esters is 1. The summed E-state index contributed by atoms with van der Waals surface area (Å²) in [4.78, 5) is 12.6. The summed E-state index contributed by atoms with van der Waals surface area (Å²) in [5.74, 6) is -0.822. The van der Waals surface area contributed by atoms with E-state index in [1.54, 1.807) is 0 Å². The highest BCUT2D eigenvalue weighted by atomic mass is 35.5. The van der Waals surface area contributed by atoms with Gasteiger partial charge in [-0.1, -0.05) is 31.9 Å². The van der Waals surface area contributed by atoms with Crippen LogP contribution in [0.25, 0.3) is 0 Å². The SMILES string of the molecule is CCCOC(=O)C(CCC)Sc1cc(N)c(F)cc1Cl. The molecular formula is C14H19ClFNO2S. The molecule has 1 unspecified atom stereocenters. The third kappa shape index (κ3) is 4.87. The van der Waals surface area contributed by atoms with Gasteiger partial charge in [-0.2, -0.15) is 0 Å². The van der Waals surface area contributed by atoms with Crippen molar-refractivity contribution in [1.82, 2.24) is 0 Å². The second-order valence-corrected chi connectivity index (χ2v) is 6.02. The maximum absolute atomic E-state index is 13.3. The van der Waals surface area contributed by atoms with E-state index in [1.165, 1.54) is 23.9 Å². The van der Waals surface area contributed by atoms with Crippen molar-refractivity contribution >= 4 is 35.0 Å². The third-order valence-corrected chi connectivity index (χ3v) is 4.31. The van der Waals surface area contributed by atoms with E-state index in [0.717, 1.165) is 12.8 Å². The number of anilines is 1. The van der Waals surface area contributed by atoms with Crippen LogP contribution in [0.3, 0.4) is 0 Å². The van der Waals surface area contributed by atoms with E-state index in [0.29, 0.717) is 17.9 Å². The molecule has 6 heteroatoms. The van der Waals surface area contributed by atoms with Gasteiger partial charge in [-0.15, -0.1) is 11.8 Å². The van der Waals surface area contributed by atoms with E-state index in [4.69, 9.17) is 22.1 Å². The van der Waals surface area contributed by atoms with Gasteiger partial charge in [0, 0.05) is 4.90 Å². The molecule has 112 valence electrons. The normalized spacial score (nSPS) is 12.2. The number of nitrogens with two attached hydrogens (primary N) is 1. The van der Waals surface area contributed by atoms with Crippen molar-refractivity contribution < 1.29 is 13.9 Å². The van der Waals surface area contributed by atoms with Gasteiger partial charge in [0.05, 0.1) is 17.3 Å². The van der Waals surface area contributed by atoms with Crippen molar-refractivity contribution in [2.45, 2.75) is 43.3 Å². The Morgan fingerprint density at radius 3 is 2.75 bits per heavy atom. The average molecular weight is 320 g/mol. The summed E-state index contributed by atoms with van der Waals surface area (Å²) >= 11 is 7.25. The van der Waals surface area contributed by atoms with Crippen LogP contribution in [0, 0.1) is 5.82 Å². The number of ether oxygens (including phenoxy) is 1. The Morgan fingerprint density at radius 1 is 1.45 bits per heavy atom. The summed E-state index contributed by atoms with van der Waals surface area (Å²) in [7, 11) is 0. The number of hydrogen-bond donors (Lipinski definition) is 1. The van der Waals surface area contributed by atoms with Crippen molar-refractivity contribution in [2.24, 2.45) is 0 Å². The van der Waals surface area contributed by atoms with Gasteiger partial charge in [-0.05, 0) is 25.0 Å². The first-order valence-corrected chi connectivity index (χ1v) is 7.83. The second-order valence-electron chi connectivity index (χ2n) is 4.37. The predicted molar refractivity (Wildman–Crippen MR) is 81.6 cm³/mol. The highest BCUT2D eigenvalue weighted by Crippen LogP contribution is 2.35. The molecule has 0 heterocycles. The maximum Gasteiger partial charge on any atom is 0.319 e. The lowest BCUT2D eigenvalue weighted by Crippen LogP contribution is -2.20. The van der Waals surface area contributed by atoms with E-state index >= 15 is 0 Å². The molecule has 0 saturated heterocycles. The molecule has 1 aromatic carbocycles. The molecule has 0 radical (unpaired) electrons. The first-order valence-electron chi connectivity index (χ1n) is 6.57. The van der Waals surface area contributed by atoms with E-state index < -0.39 is 5.82 Å². The Morgan fingerprint density at radius 2 is 2.15 bits per heavy atom. The number of hydrogen-bond acceptors (Lipinski definition) is 4. The van der Waals surface area contributed by atoms with Crippen LogP contribution in [0.15, 0.2) is 17.0 Å². The summed E-state index contributed by atoms with van der Waals surface area (Å²) in [6.45, 7) is 4.33. The van der Waals surface area contributed by atoms with Crippen LogP contribution in [0.4, 0.5) is 10.1 Å². The lowest BCUT2D eigenvalue weighted by molar-refractivity contribution is -0.143. The number of carbonyl (C=O) groups is 1. The van der Waals surface area contributed by atoms with Gasteiger partial charge in [-0.3, -0.25) is 4.79 Å². The van der Waals surface area contributed by atoms with Gasteiger partial charge in [0.25, 0.3) is 0 Å².